The number of nitrogens with one attached hydrogen (secondary N) is 1. The summed E-state index contributed by atoms with van der Waals surface area (Å²) < 4.78 is 10.6. The molecule has 0 atom stereocenters. The van der Waals surface area contributed by atoms with Crippen LogP contribution in [0.5, 0.6) is 0 Å². The average molecular weight is 263 g/mol. The maximum Gasteiger partial charge on any atom is 0.0979 e. The molecule has 1 aromatic carbocycles. The molecule has 4 nitrogen and oxygen atoms in total. The summed E-state index contributed by atoms with van der Waals surface area (Å²) in [5.74, 6) is 2.56. The number of terminal acetylenes is 1. The summed E-state index contributed by atoms with van der Waals surface area (Å²) in [6.07, 6.45) is 6.30. The summed E-state index contributed by atoms with van der Waals surface area (Å²) in [4.78, 5) is 5.25. The molecule has 0 spiro atoms. The van der Waals surface area contributed by atoms with Gasteiger partial charge >= 0.3 is 0 Å². The first-order chi connectivity index (χ1) is 9.36. The Bertz CT molecular complexity index is 370. The largest absolute Gasteiger partial charge is 0.379 e. The third-order valence-corrected chi connectivity index (χ3v) is 2.29. The highest BCUT2D eigenvalue weighted by molar-refractivity contribution is 5.46. The predicted octanol–water partition coefficient (Wildman–Crippen LogP) is 2.45. The molecule has 104 valence electrons. The van der Waals surface area contributed by atoms with E-state index < -0.39 is 0 Å². The van der Waals surface area contributed by atoms with Crippen LogP contribution in [0.1, 0.15) is 18.9 Å². The highest BCUT2D eigenvalue weighted by atomic mass is 16.7. The maximum atomic E-state index is 5.34. The molecule has 0 aliphatic carbocycles. The van der Waals surface area contributed by atoms with Gasteiger partial charge in [0.05, 0.1) is 32.1 Å². The van der Waals surface area contributed by atoms with Gasteiger partial charge in [0.1, 0.15) is 0 Å². The molecule has 0 amide bonds. The molecule has 0 unspecified atom stereocenters. The minimum atomic E-state index is 0.477. The molecule has 0 heterocycles. The van der Waals surface area contributed by atoms with Crippen molar-refractivity contribution in [3.8, 4) is 12.3 Å². The second-order valence-corrected chi connectivity index (χ2v) is 3.90. The molecular formula is C15H21NO3. The summed E-state index contributed by atoms with van der Waals surface area (Å²) in [6, 6.07) is 7.45. The van der Waals surface area contributed by atoms with Gasteiger partial charge in [-0.1, -0.05) is 12.8 Å². The van der Waals surface area contributed by atoms with E-state index in [0.29, 0.717) is 26.4 Å². The van der Waals surface area contributed by atoms with E-state index in [1.54, 1.807) is 0 Å². The number of hydrogen-bond donors (Lipinski definition) is 1. The van der Waals surface area contributed by atoms with E-state index in [9.17, 15) is 0 Å². The highest BCUT2D eigenvalue weighted by Crippen LogP contribution is 2.08. The van der Waals surface area contributed by atoms with Crippen LogP contribution >= 0.6 is 0 Å². The smallest absolute Gasteiger partial charge is 0.0979 e. The third-order valence-electron chi connectivity index (χ3n) is 2.29. The number of benzene rings is 1. The van der Waals surface area contributed by atoms with E-state index in [1.165, 1.54) is 0 Å². The number of anilines is 1. The molecule has 0 bridgehead atoms. The quantitative estimate of drug-likeness (QED) is 0.400. The summed E-state index contributed by atoms with van der Waals surface area (Å²) in [5, 5.41) is 0. The van der Waals surface area contributed by atoms with E-state index in [2.05, 4.69) is 18.3 Å². The molecule has 0 saturated carbocycles. The van der Waals surface area contributed by atoms with Crippen LogP contribution in [0.4, 0.5) is 5.69 Å². The number of rotatable bonds is 10. The number of hydrogen-bond acceptors (Lipinski definition) is 4. The third kappa shape index (κ3) is 7.47. The van der Waals surface area contributed by atoms with Crippen LogP contribution in [-0.2, 0) is 14.3 Å². The summed E-state index contributed by atoms with van der Waals surface area (Å²) in [5.41, 5.74) is 4.54. The Balaban J connectivity index is 1.97. The van der Waals surface area contributed by atoms with Gasteiger partial charge in [0, 0.05) is 12.2 Å². The Kier molecular flexibility index (Phi) is 8.48. The predicted molar refractivity (Wildman–Crippen MR) is 75.9 cm³/mol. The summed E-state index contributed by atoms with van der Waals surface area (Å²) >= 11 is 0. The second-order valence-electron chi connectivity index (χ2n) is 3.90. The van der Waals surface area contributed by atoms with E-state index in [1.807, 2.05) is 24.3 Å². The van der Waals surface area contributed by atoms with Gasteiger partial charge in [-0.25, -0.2) is 0 Å². The van der Waals surface area contributed by atoms with Crippen LogP contribution in [-0.4, -0.2) is 33.0 Å². The van der Waals surface area contributed by atoms with Crippen molar-refractivity contribution in [3.05, 3.63) is 29.8 Å². The van der Waals surface area contributed by atoms with Gasteiger partial charge in [0.25, 0.3) is 0 Å². The molecule has 1 N–H and O–H groups in total. The Hall–Kier alpha value is -1.54. The van der Waals surface area contributed by atoms with Crippen LogP contribution < -0.4 is 5.48 Å². The van der Waals surface area contributed by atoms with Crippen molar-refractivity contribution in [2.75, 3.05) is 38.5 Å². The minimum absolute atomic E-state index is 0.477. The van der Waals surface area contributed by atoms with Crippen LogP contribution in [0.3, 0.4) is 0 Å². The normalized spacial score (nSPS) is 10.1. The molecule has 1 rings (SSSR count). The zero-order valence-corrected chi connectivity index (χ0v) is 11.4. The van der Waals surface area contributed by atoms with Gasteiger partial charge in [0.2, 0.25) is 0 Å². The maximum absolute atomic E-state index is 5.34. The van der Waals surface area contributed by atoms with Crippen molar-refractivity contribution in [3.63, 3.8) is 0 Å². The van der Waals surface area contributed by atoms with Crippen molar-refractivity contribution in [1.82, 2.24) is 0 Å². The lowest BCUT2D eigenvalue weighted by molar-refractivity contribution is 0.0246. The van der Waals surface area contributed by atoms with Crippen molar-refractivity contribution in [2.45, 2.75) is 13.3 Å². The molecule has 4 heteroatoms. The van der Waals surface area contributed by atoms with Gasteiger partial charge in [-0.2, -0.15) is 0 Å². The molecule has 0 aliphatic heterocycles. The Morgan fingerprint density at radius 1 is 1.00 bits per heavy atom. The van der Waals surface area contributed by atoms with Gasteiger partial charge in [-0.05, 0) is 30.7 Å². The Morgan fingerprint density at radius 3 is 2.26 bits per heavy atom. The fraction of sp³-hybridized carbons (Fsp3) is 0.467. The Morgan fingerprint density at radius 2 is 1.63 bits per heavy atom. The minimum Gasteiger partial charge on any atom is -0.379 e. The van der Waals surface area contributed by atoms with E-state index in [4.69, 9.17) is 20.7 Å². The Labute approximate surface area is 115 Å². The van der Waals surface area contributed by atoms with Crippen molar-refractivity contribution < 1.29 is 14.3 Å². The molecule has 0 radical (unpaired) electrons. The number of ether oxygens (including phenoxy) is 2. The van der Waals surface area contributed by atoms with Crippen molar-refractivity contribution >= 4 is 5.69 Å². The lowest BCUT2D eigenvalue weighted by atomic mass is 10.2. The van der Waals surface area contributed by atoms with Crippen LogP contribution in [0.15, 0.2) is 24.3 Å². The SMILES string of the molecule is C#Cc1ccc(NOCCOCCOCCC)cc1. The zero-order valence-electron chi connectivity index (χ0n) is 11.4. The summed E-state index contributed by atoms with van der Waals surface area (Å²) in [6.45, 7) is 5.11. The molecule has 19 heavy (non-hydrogen) atoms. The molecule has 0 aliphatic rings. The van der Waals surface area contributed by atoms with E-state index in [-0.39, 0.29) is 0 Å². The van der Waals surface area contributed by atoms with E-state index in [0.717, 1.165) is 24.3 Å². The lowest BCUT2D eigenvalue weighted by Crippen LogP contribution is -2.12. The second kappa shape index (κ2) is 10.4. The topological polar surface area (TPSA) is 39.7 Å². The molecule has 1 aromatic rings. The van der Waals surface area contributed by atoms with Gasteiger partial charge in [-0.15, -0.1) is 6.42 Å². The first-order valence-corrected chi connectivity index (χ1v) is 6.46. The monoisotopic (exact) mass is 263 g/mol. The molecule has 0 fully saturated rings. The van der Waals surface area contributed by atoms with Crippen LogP contribution in [0.25, 0.3) is 0 Å². The molecule has 0 aromatic heterocycles. The lowest BCUT2D eigenvalue weighted by Gasteiger charge is -2.08. The standard InChI is InChI=1S/C15H21NO3/c1-3-9-17-10-11-18-12-13-19-16-15-7-5-14(4-2)6-8-15/h2,5-8,16H,3,9-13H2,1H3. The van der Waals surface area contributed by atoms with E-state index >= 15 is 0 Å². The molecule has 0 saturated heterocycles. The van der Waals surface area contributed by atoms with Crippen molar-refractivity contribution in [1.29, 1.82) is 0 Å². The fourth-order valence-corrected chi connectivity index (χ4v) is 1.34. The summed E-state index contributed by atoms with van der Waals surface area (Å²) in [7, 11) is 0. The first kappa shape index (κ1) is 15.5. The van der Waals surface area contributed by atoms with Crippen LogP contribution in [0.2, 0.25) is 0 Å². The zero-order chi connectivity index (χ0) is 13.8. The van der Waals surface area contributed by atoms with Gasteiger partial charge < -0.3 is 9.47 Å². The van der Waals surface area contributed by atoms with Crippen molar-refractivity contribution in [2.24, 2.45) is 0 Å². The van der Waals surface area contributed by atoms with Gasteiger partial charge in [-0.3, -0.25) is 10.3 Å². The first-order valence-electron chi connectivity index (χ1n) is 6.46. The van der Waals surface area contributed by atoms with Crippen LogP contribution in [0, 0.1) is 12.3 Å². The highest BCUT2D eigenvalue weighted by Gasteiger charge is 1.93. The molecular weight excluding hydrogens is 242 g/mol. The fourth-order valence-electron chi connectivity index (χ4n) is 1.34. The van der Waals surface area contributed by atoms with Gasteiger partial charge in [0.15, 0.2) is 0 Å². The average Bonchev–Trinajstić information content (AvgIpc) is 2.46.